The Balaban J connectivity index is 1.22. The second kappa shape index (κ2) is 12.1. The predicted molar refractivity (Wildman–Crippen MR) is 169 cm³/mol. The third-order valence-electron chi connectivity index (χ3n) is 9.51. The fraction of sp³-hybridized carbons (Fsp3) is 0.441. The number of rotatable bonds is 8. The first-order valence-corrected chi connectivity index (χ1v) is 15.9. The number of fused-ring (bicyclic) bond motifs is 1. The number of H-pyrrole nitrogens is 1. The lowest BCUT2D eigenvalue weighted by molar-refractivity contribution is -0.132. The smallest absolute Gasteiger partial charge is 0.270 e. The Kier molecular flexibility index (Phi) is 7.84. The minimum Gasteiger partial charge on any atom is -0.369 e. The van der Waals surface area contributed by atoms with E-state index in [9.17, 15) is 9.59 Å². The van der Waals surface area contributed by atoms with Crippen LogP contribution in [0, 0.1) is 5.82 Å². The van der Waals surface area contributed by atoms with Gasteiger partial charge >= 0.3 is 0 Å². The van der Waals surface area contributed by atoms with E-state index in [0.29, 0.717) is 48.2 Å². The highest BCUT2D eigenvalue weighted by molar-refractivity contribution is 6.03. The number of hydrogen-bond donors (Lipinski definition) is 2. The number of aromatic amines is 1. The Hall–Kier alpha value is -4.18. The number of carbonyl (C=O) groups excluding carboxylic acids is 2. The van der Waals surface area contributed by atoms with Crippen molar-refractivity contribution in [3.63, 3.8) is 0 Å². The maximum atomic E-state index is 16.5. The molecule has 2 amide bonds. The Morgan fingerprint density at radius 3 is 2.59 bits per heavy atom. The van der Waals surface area contributed by atoms with Crippen molar-refractivity contribution >= 4 is 28.4 Å². The molecule has 2 N–H and O–H groups in total. The summed E-state index contributed by atoms with van der Waals surface area (Å²) in [6.07, 6.45) is 7.54. The average molecular weight is 598 g/mol. The van der Waals surface area contributed by atoms with Gasteiger partial charge in [-0.25, -0.2) is 4.39 Å². The number of amides is 2. The summed E-state index contributed by atoms with van der Waals surface area (Å²) in [6, 6.07) is 14.4. The average Bonchev–Trinajstić information content (AvgIpc) is 3.59. The third-order valence-corrected chi connectivity index (χ3v) is 9.51. The van der Waals surface area contributed by atoms with Crippen LogP contribution in [-0.2, 0) is 11.3 Å². The molecule has 4 aromatic rings. The molecule has 1 aliphatic carbocycles. The first kappa shape index (κ1) is 28.6. The third kappa shape index (κ3) is 5.70. The molecule has 2 saturated heterocycles. The van der Waals surface area contributed by atoms with E-state index < -0.39 is 0 Å². The van der Waals surface area contributed by atoms with Crippen LogP contribution in [0.3, 0.4) is 0 Å². The van der Waals surface area contributed by atoms with Gasteiger partial charge in [0, 0.05) is 94.7 Å². The summed E-state index contributed by atoms with van der Waals surface area (Å²) in [6.45, 7) is 5.51. The molecule has 230 valence electrons. The van der Waals surface area contributed by atoms with Crippen LogP contribution in [-0.4, -0.2) is 88.7 Å². The highest BCUT2D eigenvalue weighted by atomic mass is 19.1. The van der Waals surface area contributed by atoms with Crippen molar-refractivity contribution in [1.29, 1.82) is 0 Å². The number of aryl methyl sites for hydroxylation is 1. The Bertz CT molecular complexity index is 1640. The van der Waals surface area contributed by atoms with Crippen molar-refractivity contribution in [3.8, 4) is 11.1 Å². The number of aromatic nitrogens is 3. The van der Waals surface area contributed by atoms with Crippen LogP contribution in [0.1, 0.15) is 54.1 Å². The number of benzene rings is 2. The quantitative estimate of drug-likeness (QED) is 0.310. The van der Waals surface area contributed by atoms with Crippen molar-refractivity contribution in [2.45, 2.75) is 50.6 Å². The van der Waals surface area contributed by atoms with Crippen LogP contribution >= 0.6 is 0 Å². The molecular formula is C34H40FN7O2. The van der Waals surface area contributed by atoms with Crippen LogP contribution in [0.25, 0.3) is 22.0 Å². The van der Waals surface area contributed by atoms with Crippen LogP contribution in [0.2, 0.25) is 0 Å². The van der Waals surface area contributed by atoms with Gasteiger partial charge in [-0.15, -0.1) is 0 Å². The largest absolute Gasteiger partial charge is 0.369 e. The summed E-state index contributed by atoms with van der Waals surface area (Å²) in [5, 5.41) is 8.31. The van der Waals surface area contributed by atoms with Crippen LogP contribution in [0.5, 0.6) is 0 Å². The van der Waals surface area contributed by atoms with Gasteiger partial charge in [0.25, 0.3) is 5.91 Å². The number of nitrogens with zero attached hydrogens (tertiary/aromatic N) is 5. The second-order valence-electron chi connectivity index (χ2n) is 12.4. The lowest BCUT2D eigenvalue weighted by Gasteiger charge is -2.33. The van der Waals surface area contributed by atoms with Crippen LogP contribution in [0.4, 0.5) is 10.1 Å². The first-order valence-electron chi connectivity index (χ1n) is 15.9. The lowest BCUT2D eigenvalue weighted by Crippen LogP contribution is -2.43. The van der Waals surface area contributed by atoms with E-state index >= 15 is 4.39 Å². The molecule has 2 aliphatic heterocycles. The Morgan fingerprint density at radius 2 is 1.86 bits per heavy atom. The summed E-state index contributed by atoms with van der Waals surface area (Å²) in [7, 11) is 1.82. The zero-order valence-electron chi connectivity index (χ0n) is 25.3. The van der Waals surface area contributed by atoms with Crippen molar-refractivity contribution in [2.75, 3.05) is 51.2 Å². The molecule has 0 spiro atoms. The molecule has 1 atom stereocenters. The van der Waals surface area contributed by atoms with Gasteiger partial charge in [0.2, 0.25) is 5.91 Å². The number of nitrogens with one attached hydrogen (secondary N) is 2. The van der Waals surface area contributed by atoms with Crippen molar-refractivity contribution in [3.05, 3.63) is 71.9 Å². The molecule has 44 heavy (non-hydrogen) atoms. The molecule has 4 heterocycles. The lowest BCUT2D eigenvalue weighted by atomic mass is 9.87. The number of piperidine rings is 1. The molecule has 7 rings (SSSR count). The number of piperazine rings is 1. The summed E-state index contributed by atoms with van der Waals surface area (Å²) in [4.78, 5) is 35.7. The van der Waals surface area contributed by atoms with E-state index in [0.717, 1.165) is 63.0 Å². The van der Waals surface area contributed by atoms with Gasteiger partial charge in [-0.1, -0.05) is 12.1 Å². The van der Waals surface area contributed by atoms with Gasteiger partial charge in [0.1, 0.15) is 5.69 Å². The topological polar surface area (TPSA) is 89.5 Å². The zero-order valence-corrected chi connectivity index (χ0v) is 25.3. The number of likely N-dealkylation sites (tertiary alicyclic amines) is 1. The van der Waals surface area contributed by atoms with E-state index in [1.54, 1.807) is 15.8 Å². The molecule has 0 bridgehead atoms. The summed E-state index contributed by atoms with van der Waals surface area (Å²) in [5.74, 6) is -0.523. The van der Waals surface area contributed by atoms with Gasteiger partial charge in [-0.05, 0) is 72.7 Å². The molecule has 2 aromatic carbocycles. The molecule has 0 radical (unpaired) electrons. The first-order chi connectivity index (χ1) is 21.5. The van der Waals surface area contributed by atoms with Gasteiger partial charge in [0.15, 0.2) is 5.82 Å². The van der Waals surface area contributed by atoms with Gasteiger partial charge in [0.05, 0.1) is 5.52 Å². The van der Waals surface area contributed by atoms with Crippen LogP contribution in [0.15, 0.2) is 54.9 Å². The van der Waals surface area contributed by atoms with Crippen LogP contribution < -0.4 is 10.2 Å². The summed E-state index contributed by atoms with van der Waals surface area (Å²) < 4.78 is 18.2. The summed E-state index contributed by atoms with van der Waals surface area (Å²) >= 11 is 0. The van der Waals surface area contributed by atoms with Crippen molar-refractivity contribution in [2.24, 2.45) is 0 Å². The number of hydrogen-bond acceptors (Lipinski definition) is 5. The molecular weight excluding hydrogens is 557 g/mol. The summed E-state index contributed by atoms with van der Waals surface area (Å²) in [5.41, 5.74) is 4.41. The minimum atomic E-state index is -0.329. The van der Waals surface area contributed by atoms with Gasteiger partial charge in [-0.2, -0.15) is 5.10 Å². The van der Waals surface area contributed by atoms with Gasteiger partial charge < -0.3 is 25.0 Å². The van der Waals surface area contributed by atoms with E-state index in [1.807, 2.05) is 36.3 Å². The second-order valence-corrected chi connectivity index (χ2v) is 12.4. The fourth-order valence-corrected chi connectivity index (χ4v) is 6.78. The SMILES string of the molecule is CN(C(=O)c1cc2c(-c3ccc(N4CCNCC4)cc3)cc([C@@H]3CCCN(C(=O)CCn4cccn4)C3)c(F)c2[nH]1)C1CC1. The monoisotopic (exact) mass is 597 g/mol. The number of anilines is 1. The Morgan fingerprint density at radius 1 is 1.07 bits per heavy atom. The standard InChI is InChI=1S/C34H40FN7O2/c1-39(25-9-10-25)34(44)30-21-29-27(23-5-7-26(8-6-23)40-18-13-36-14-19-40)20-28(32(35)33(29)38-30)24-4-2-15-41(22-24)31(43)11-17-42-16-3-12-37-42/h3,5-8,12,16,20-21,24-25,36,38H,2,4,9-11,13-15,17-19,22H2,1H3/t24-/m1/s1. The molecule has 3 aliphatic rings. The normalized spacial score (nSPS) is 19.0. The van der Waals surface area contributed by atoms with E-state index in [1.165, 1.54) is 5.69 Å². The highest BCUT2D eigenvalue weighted by Crippen LogP contribution is 2.39. The molecule has 1 saturated carbocycles. The Labute approximate surface area is 257 Å². The fourth-order valence-electron chi connectivity index (χ4n) is 6.78. The maximum Gasteiger partial charge on any atom is 0.270 e. The van der Waals surface area contributed by atoms with E-state index in [2.05, 4.69) is 44.6 Å². The number of halogens is 1. The molecule has 2 aromatic heterocycles. The maximum absolute atomic E-state index is 16.5. The number of carbonyl (C=O) groups is 2. The van der Waals surface area contributed by atoms with E-state index in [4.69, 9.17) is 0 Å². The highest BCUT2D eigenvalue weighted by Gasteiger charge is 2.32. The molecule has 3 fully saturated rings. The predicted octanol–water partition coefficient (Wildman–Crippen LogP) is 4.61. The molecule has 9 nitrogen and oxygen atoms in total. The molecule has 10 heteroatoms. The van der Waals surface area contributed by atoms with Crippen molar-refractivity contribution < 1.29 is 14.0 Å². The minimum absolute atomic E-state index is 0.0614. The zero-order chi connectivity index (χ0) is 30.2. The molecule has 0 unspecified atom stereocenters. The van der Waals surface area contributed by atoms with E-state index in [-0.39, 0.29) is 29.6 Å². The van der Waals surface area contributed by atoms with Gasteiger partial charge in [-0.3, -0.25) is 14.3 Å². The van der Waals surface area contributed by atoms with Crippen molar-refractivity contribution in [1.82, 2.24) is 29.9 Å².